The molecule has 0 radical (unpaired) electrons. The monoisotopic (exact) mass is 501 g/mol. The summed E-state index contributed by atoms with van der Waals surface area (Å²) in [4.78, 5) is 20.6. The molecule has 34 heavy (non-hydrogen) atoms. The van der Waals surface area contributed by atoms with E-state index in [2.05, 4.69) is 16.4 Å². The predicted octanol–water partition coefficient (Wildman–Crippen LogP) is 6.24. The van der Waals surface area contributed by atoms with Gasteiger partial charge in [-0.3, -0.25) is 0 Å². The summed E-state index contributed by atoms with van der Waals surface area (Å²) in [6.45, 7) is 3.35. The van der Waals surface area contributed by atoms with Crippen LogP contribution < -0.4 is 10.1 Å². The fourth-order valence-corrected chi connectivity index (χ4v) is 4.73. The Morgan fingerprint density at radius 2 is 1.91 bits per heavy atom. The fourth-order valence-electron chi connectivity index (χ4n) is 4.36. The summed E-state index contributed by atoms with van der Waals surface area (Å²) in [5, 5.41) is 14.4. The highest BCUT2D eigenvalue weighted by atomic mass is 35.5. The summed E-state index contributed by atoms with van der Waals surface area (Å²) >= 11 is 12.4. The van der Waals surface area contributed by atoms with Crippen molar-refractivity contribution in [3.05, 3.63) is 57.5 Å². The minimum Gasteiger partial charge on any atom is -0.488 e. The topological polar surface area (TPSA) is 93.6 Å². The molecule has 7 nitrogen and oxygen atoms in total. The Kier molecular flexibility index (Phi) is 6.51. The van der Waals surface area contributed by atoms with Gasteiger partial charge in [0.15, 0.2) is 5.69 Å². The number of aromatic nitrogens is 2. The Bertz CT molecular complexity index is 1240. The second kappa shape index (κ2) is 9.56. The molecule has 178 valence electrons. The first-order valence-electron chi connectivity index (χ1n) is 11.4. The minimum absolute atomic E-state index is 0.107. The van der Waals surface area contributed by atoms with Crippen molar-refractivity contribution in [3.63, 3.8) is 0 Å². The maximum atomic E-state index is 11.7. The van der Waals surface area contributed by atoms with Crippen molar-refractivity contribution in [3.8, 4) is 5.75 Å². The zero-order valence-corrected chi connectivity index (χ0v) is 20.2. The number of benzene rings is 1. The van der Waals surface area contributed by atoms with E-state index < -0.39 is 5.97 Å². The van der Waals surface area contributed by atoms with Crippen LogP contribution in [0.2, 0.25) is 10.2 Å². The third kappa shape index (κ3) is 4.92. The van der Waals surface area contributed by atoms with Gasteiger partial charge in [-0.2, -0.15) is 0 Å². The SMILES string of the molecule is CC(Nc1ccc(Cl)nc1C(=O)O)c1cc(Cl)cc2nc(C3CC3)c(OC3CCOCC3)cc12. The molecule has 1 saturated carbocycles. The molecular formula is C25H25Cl2N3O4. The van der Waals surface area contributed by atoms with Gasteiger partial charge in [-0.05, 0) is 55.7 Å². The zero-order chi connectivity index (χ0) is 23.8. The number of carboxylic acids is 1. The highest BCUT2D eigenvalue weighted by molar-refractivity contribution is 6.31. The molecule has 0 spiro atoms. The minimum atomic E-state index is -1.16. The molecular weight excluding hydrogens is 477 g/mol. The maximum Gasteiger partial charge on any atom is 0.356 e. The number of halogens is 2. The molecule has 2 N–H and O–H groups in total. The lowest BCUT2D eigenvalue weighted by Crippen LogP contribution is -2.26. The first-order chi connectivity index (χ1) is 16.4. The van der Waals surface area contributed by atoms with E-state index in [1.807, 2.05) is 19.1 Å². The lowest BCUT2D eigenvalue weighted by molar-refractivity contribution is 0.0251. The number of carboxylic acid groups (broad SMARTS) is 1. The molecule has 1 saturated heterocycles. The van der Waals surface area contributed by atoms with Gasteiger partial charge in [0.25, 0.3) is 0 Å². The summed E-state index contributed by atoms with van der Waals surface area (Å²) in [5.41, 5.74) is 2.91. The van der Waals surface area contributed by atoms with E-state index >= 15 is 0 Å². The summed E-state index contributed by atoms with van der Waals surface area (Å²) in [7, 11) is 0. The van der Waals surface area contributed by atoms with Crippen molar-refractivity contribution in [2.24, 2.45) is 0 Å². The Balaban J connectivity index is 1.54. The van der Waals surface area contributed by atoms with E-state index in [0.29, 0.717) is 29.8 Å². The van der Waals surface area contributed by atoms with Crippen molar-refractivity contribution in [1.82, 2.24) is 9.97 Å². The van der Waals surface area contributed by atoms with Crippen LogP contribution in [0.3, 0.4) is 0 Å². The van der Waals surface area contributed by atoms with Gasteiger partial charge >= 0.3 is 5.97 Å². The van der Waals surface area contributed by atoms with Crippen LogP contribution in [0.4, 0.5) is 5.69 Å². The summed E-state index contributed by atoms with van der Waals surface area (Å²) in [6, 6.07) is 8.69. The van der Waals surface area contributed by atoms with Crippen LogP contribution in [0, 0.1) is 0 Å². The van der Waals surface area contributed by atoms with E-state index in [9.17, 15) is 9.90 Å². The molecule has 2 fully saturated rings. The number of carbonyl (C=O) groups is 1. The second-order valence-corrected chi connectivity index (χ2v) is 9.66. The number of nitrogens with one attached hydrogen (secondary N) is 1. The van der Waals surface area contributed by atoms with Gasteiger partial charge in [-0.15, -0.1) is 0 Å². The number of nitrogens with zero attached hydrogens (tertiary/aromatic N) is 2. The van der Waals surface area contributed by atoms with Crippen LogP contribution in [0.5, 0.6) is 5.75 Å². The number of hydrogen-bond donors (Lipinski definition) is 2. The first-order valence-corrected chi connectivity index (χ1v) is 12.2. The van der Waals surface area contributed by atoms with Crippen molar-refractivity contribution in [1.29, 1.82) is 0 Å². The largest absolute Gasteiger partial charge is 0.488 e. The van der Waals surface area contributed by atoms with E-state index in [-0.39, 0.29) is 23.0 Å². The zero-order valence-electron chi connectivity index (χ0n) is 18.7. The highest BCUT2D eigenvalue weighted by Gasteiger charge is 2.31. The van der Waals surface area contributed by atoms with E-state index in [4.69, 9.17) is 37.7 Å². The number of fused-ring (bicyclic) bond motifs is 1. The van der Waals surface area contributed by atoms with Crippen molar-refractivity contribution < 1.29 is 19.4 Å². The number of pyridine rings is 2. The Morgan fingerprint density at radius 1 is 1.15 bits per heavy atom. The lowest BCUT2D eigenvalue weighted by Gasteiger charge is -2.25. The standard InChI is InChI=1S/C25H25Cl2N3O4/c1-13(28-19-4-5-22(27)30-24(19)25(31)32)17-10-15(26)11-20-18(17)12-21(23(29-20)14-2-3-14)34-16-6-8-33-9-7-16/h4-5,10-14,16,28H,2-3,6-9H2,1H3,(H,31,32). The van der Waals surface area contributed by atoms with Crippen LogP contribution in [0.1, 0.15) is 66.3 Å². The second-order valence-electron chi connectivity index (χ2n) is 8.84. The van der Waals surface area contributed by atoms with Gasteiger partial charge < -0.3 is 19.9 Å². The van der Waals surface area contributed by atoms with Gasteiger partial charge in [-0.25, -0.2) is 14.8 Å². The van der Waals surface area contributed by atoms with E-state index in [1.165, 1.54) is 0 Å². The van der Waals surface area contributed by atoms with Crippen LogP contribution in [-0.2, 0) is 4.74 Å². The quantitative estimate of drug-likeness (QED) is 0.369. The normalized spacial score (nSPS) is 17.5. The van der Waals surface area contributed by atoms with Crippen LogP contribution in [0.25, 0.3) is 10.9 Å². The Hall–Kier alpha value is -2.61. The number of aromatic carboxylic acids is 1. The maximum absolute atomic E-state index is 11.7. The Morgan fingerprint density at radius 3 is 2.62 bits per heavy atom. The van der Waals surface area contributed by atoms with Crippen molar-refractivity contribution >= 4 is 45.8 Å². The summed E-state index contributed by atoms with van der Waals surface area (Å²) < 4.78 is 11.9. The molecule has 0 amide bonds. The average molecular weight is 502 g/mol. The van der Waals surface area contributed by atoms with Crippen LogP contribution in [0.15, 0.2) is 30.3 Å². The predicted molar refractivity (Wildman–Crippen MR) is 131 cm³/mol. The van der Waals surface area contributed by atoms with Crippen LogP contribution >= 0.6 is 23.2 Å². The first kappa shape index (κ1) is 23.1. The fraction of sp³-hybridized carbons (Fsp3) is 0.400. The smallest absolute Gasteiger partial charge is 0.356 e. The molecule has 9 heteroatoms. The van der Waals surface area contributed by atoms with Gasteiger partial charge in [0, 0.05) is 35.2 Å². The molecule has 3 aromatic rings. The molecule has 5 rings (SSSR count). The molecule has 1 unspecified atom stereocenters. The molecule has 1 atom stereocenters. The average Bonchev–Trinajstić information content (AvgIpc) is 3.65. The summed E-state index contributed by atoms with van der Waals surface area (Å²) in [5.74, 6) is 0.0728. The van der Waals surface area contributed by atoms with E-state index in [0.717, 1.165) is 53.6 Å². The molecule has 2 aliphatic rings. The number of hydrogen-bond acceptors (Lipinski definition) is 6. The van der Waals surface area contributed by atoms with E-state index in [1.54, 1.807) is 12.1 Å². The van der Waals surface area contributed by atoms with Crippen LogP contribution in [-0.4, -0.2) is 40.4 Å². The molecule has 1 aromatic carbocycles. The number of ether oxygens (including phenoxy) is 2. The van der Waals surface area contributed by atoms with Gasteiger partial charge in [0.2, 0.25) is 0 Å². The Labute approximate surface area is 207 Å². The van der Waals surface area contributed by atoms with Gasteiger partial charge in [-0.1, -0.05) is 23.2 Å². The third-order valence-corrected chi connectivity index (χ3v) is 6.68. The third-order valence-electron chi connectivity index (χ3n) is 6.25. The molecule has 1 aliphatic carbocycles. The molecule has 2 aromatic heterocycles. The van der Waals surface area contributed by atoms with Crippen molar-refractivity contribution in [2.45, 2.75) is 50.7 Å². The van der Waals surface area contributed by atoms with Gasteiger partial charge in [0.1, 0.15) is 17.0 Å². The molecule has 0 bridgehead atoms. The molecule has 3 heterocycles. The van der Waals surface area contributed by atoms with Gasteiger partial charge in [0.05, 0.1) is 30.1 Å². The highest BCUT2D eigenvalue weighted by Crippen LogP contribution is 2.45. The number of anilines is 1. The van der Waals surface area contributed by atoms with Crippen molar-refractivity contribution in [2.75, 3.05) is 18.5 Å². The molecule has 1 aliphatic heterocycles. The lowest BCUT2D eigenvalue weighted by atomic mass is 10.0. The number of rotatable bonds is 7. The summed E-state index contributed by atoms with van der Waals surface area (Å²) in [6.07, 6.45) is 4.03.